The molecule has 0 aliphatic heterocycles. The van der Waals surface area contributed by atoms with Crippen molar-refractivity contribution in [1.29, 1.82) is 0 Å². The van der Waals surface area contributed by atoms with E-state index in [4.69, 9.17) is 16.3 Å². The van der Waals surface area contributed by atoms with Gasteiger partial charge in [-0.05, 0) is 31.2 Å². The molecular weight excluding hydrogens is 434 g/mol. The van der Waals surface area contributed by atoms with Crippen LogP contribution in [0.4, 0.5) is 0 Å². The summed E-state index contributed by atoms with van der Waals surface area (Å²) in [5, 5.41) is 9.00. The number of carbonyl (C=O) groups excluding carboxylic acids is 1. The number of hydrogen-bond donors (Lipinski definition) is 0. The monoisotopic (exact) mass is 451 g/mol. The average molecular weight is 453 g/mol. The van der Waals surface area contributed by atoms with E-state index in [2.05, 4.69) is 26.1 Å². The lowest BCUT2D eigenvalue weighted by Crippen LogP contribution is -2.26. The first kappa shape index (κ1) is 19.4. The van der Waals surface area contributed by atoms with Gasteiger partial charge in [0, 0.05) is 42.6 Å². The first-order valence-corrected chi connectivity index (χ1v) is 9.51. The van der Waals surface area contributed by atoms with Crippen LogP contribution in [0.25, 0.3) is 0 Å². The normalized spacial score (nSPS) is 10.8. The summed E-state index contributed by atoms with van der Waals surface area (Å²) in [5.41, 5.74) is 1.33. The van der Waals surface area contributed by atoms with Crippen LogP contribution < -0.4 is 4.74 Å². The Labute approximate surface area is 170 Å². The molecule has 0 spiro atoms. The van der Waals surface area contributed by atoms with Gasteiger partial charge in [-0.25, -0.2) is 4.68 Å². The molecule has 0 aliphatic carbocycles. The molecule has 142 valence electrons. The van der Waals surface area contributed by atoms with Gasteiger partial charge in [-0.2, -0.15) is 10.2 Å². The number of benzene rings is 1. The van der Waals surface area contributed by atoms with Gasteiger partial charge < -0.3 is 9.64 Å². The molecule has 2 heterocycles. The molecule has 0 N–H and O–H groups in total. The molecule has 7 nitrogen and oxygen atoms in total. The first-order chi connectivity index (χ1) is 13.0. The lowest BCUT2D eigenvalue weighted by molar-refractivity contribution is 0.0777. The van der Waals surface area contributed by atoms with Crippen LogP contribution in [0.5, 0.6) is 5.75 Å². The maximum atomic E-state index is 12.6. The fraction of sp³-hybridized carbons (Fsp3) is 0.278. The Morgan fingerprint density at radius 1 is 1.33 bits per heavy atom. The molecule has 0 atom stereocenters. The Morgan fingerprint density at radius 2 is 2.15 bits per heavy atom. The van der Waals surface area contributed by atoms with Gasteiger partial charge >= 0.3 is 0 Å². The van der Waals surface area contributed by atoms with E-state index in [0.717, 1.165) is 16.6 Å². The minimum atomic E-state index is -0.167. The van der Waals surface area contributed by atoms with Crippen LogP contribution in [0.3, 0.4) is 0 Å². The molecule has 2 aromatic heterocycles. The smallest absolute Gasteiger partial charge is 0.274 e. The Balaban J connectivity index is 1.59. The largest absolute Gasteiger partial charge is 0.470 e. The minimum absolute atomic E-state index is 0.154. The van der Waals surface area contributed by atoms with Crippen molar-refractivity contribution in [2.45, 2.75) is 26.7 Å². The first-order valence-electron chi connectivity index (χ1n) is 8.34. The molecule has 0 fully saturated rings. The van der Waals surface area contributed by atoms with Gasteiger partial charge in [0.2, 0.25) is 0 Å². The molecule has 0 saturated carbocycles. The maximum absolute atomic E-state index is 12.6. The number of hydrogen-bond acceptors (Lipinski definition) is 4. The van der Waals surface area contributed by atoms with Crippen LogP contribution >= 0.6 is 27.5 Å². The van der Waals surface area contributed by atoms with E-state index in [0.29, 0.717) is 23.0 Å². The van der Waals surface area contributed by atoms with E-state index in [1.54, 1.807) is 47.2 Å². The van der Waals surface area contributed by atoms with Crippen molar-refractivity contribution in [2.75, 3.05) is 7.05 Å². The fourth-order valence-corrected chi connectivity index (χ4v) is 3.21. The van der Waals surface area contributed by atoms with Crippen molar-refractivity contribution in [3.05, 3.63) is 63.6 Å². The van der Waals surface area contributed by atoms with Gasteiger partial charge in [0.15, 0.2) is 12.4 Å². The van der Waals surface area contributed by atoms with Crippen molar-refractivity contribution < 1.29 is 9.53 Å². The highest BCUT2D eigenvalue weighted by Crippen LogP contribution is 2.27. The quantitative estimate of drug-likeness (QED) is 0.546. The van der Waals surface area contributed by atoms with Crippen LogP contribution in [-0.2, 0) is 19.8 Å². The number of rotatable bonds is 7. The number of aromatic nitrogens is 4. The lowest BCUT2D eigenvalue weighted by atomic mass is 10.3. The van der Waals surface area contributed by atoms with E-state index in [1.165, 1.54) is 0 Å². The van der Waals surface area contributed by atoms with Crippen LogP contribution in [-0.4, -0.2) is 37.4 Å². The van der Waals surface area contributed by atoms with Crippen molar-refractivity contribution in [2.24, 2.45) is 0 Å². The third kappa shape index (κ3) is 4.90. The summed E-state index contributed by atoms with van der Waals surface area (Å²) in [7, 11) is 1.74. The highest BCUT2D eigenvalue weighted by molar-refractivity contribution is 9.10. The molecule has 0 bridgehead atoms. The Bertz CT molecular complexity index is 939. The number of ether oxygens (including phenoxy) is 1. The number of halogens is 2. The number of aryl methyl sites for hydroxylation is 1. The van der Waals surface area contributed by atoms with E-state index in [9.17, 15) is 4.79 Å². The highest BCUT2D eigenvalue weighted by atomic mass is 79.9. The molecule has 0 saturated heterocycles. The van der Waals surface area contributed by atoms with Crippen molar-refractivity contribution in [3.63, 3.8) is 0 Å². The summed E-state index contributed by atoms with van der Waals surface area (Å²) >= 11 is 9.48. The van der Waals surface area contributed by atoms with E-state index < -0.39 is 0 Å². The predicted molar refractivity (Wildman–Crippen MR) is 106 cm³/mol. The zero-order valence-electron chi connectivity index (χ0n) is 15.0. The molecule has 0 unspecified atom stereocenters. The second-order valence-corrected chi connectivity index (χ2v) is 7.28. The van der Waals surface area contributed by atoms with Crippen LogP contribution in [0.15, 0.2) is 47.3 Å². The Kier molecular flexibility index (Phi) is 6.18. The molecule has 1 amide bonds. The van der Waals surface area contributed by atoms with E-state index in [1.807, 2.05) is 23.9 Å². The van der Waals surface area contributed by atoms with Gasteiger partial charge in [0.1, 0.15) is 5.75 Å². The van der Waals surface area contributed by atoms with Crippen molar-refractivity contribution in [3.8, 4) is 5.75 Å². The zero-order chi connectivity index (χ0) is 19.4. The van der Waals surface area contributed by atoms with Crippen LogP contribution in [0.1, 0.15) is 23.0 Å². The second kappa shape index (κ2) is 8.58. The topological polar surface area (TPSA) is 65.2 Å². The summed E-state index contributed by atoms with van der Waals surface area (Å²) < 4.78 is 9.90. The van der Waals surface area contributed by atoms with E-state index >= 15 is 0 Å². The number of carbonyl (C=O) groups is 1. The summed E-state index contributed by atoms with van der Waals surface area (Å²) in [6.07, 6.45) is 5.39. The Morgan fingerprint density at radius 3 is 2.85 bits per heavy atom. The Hall–Kier alpha value is -2.32. The maximum Gasteiger partial charge on any atom is 0.274 e. The molecule has 1 aromatic carbocycles. The highest BCUT2D eigenvalue weighted by Gasteiger charge is 2.16. The molecule has 3 aromatic rings. The third-order valence-electron chi connectivity index (χ3n) is 3.88. The molecule has 0 aliphatic rings. The van der Waals surface area contributed by atoms with Gasteiger partial charge in [-0.3, -0.25) is 9.48 Å². The predicted octanol–water partition coefficient (Wildman–Crippen LogP) is 3.82. The van der Waals surface area contributed by atoms with Crippen molar-refractivity contribution in [1.82, 2.24) is 24.5 Å². The molecule has 3 rings (SSSR count). The number of amides is 1. The summed E-state index contributed by atoms with van der Waals surface area (Å²) in [6.45, 7) is 3.44. The van der Waals surface area contributed by atoms with Crippen LogP contribution in [0.2, 0.25) is 5.02 Å². The standard InChI is InChI=1S/C18H19BrClN5O2/c1-3-24-11-13(9-21-24)10-23(2)18(26)16-6-7-25(22-16)12-27-17-5-4-14(19)8-15(17)20/h4-9,11H,3,10,12H2,1-2H3. The summed E-state index contributed by atoms with van der Waals surface area (Å²) in [6, 6.07) is 7.03. The number of nitrogens with zero attached hydrogens (tertiary/aromatic N) is 5. The fourth-order valence-electron chi connectivity index (χ4n) is 2.48. The van der Waals surface area contributed by atoms with Gasteiger partial charge in [-0.15, -0.1) is 0 Å². The minimum Gasteiger partial charge on any atom is -0.470 e. The lowest BCUT2D eigenvalue weighted by Gasteiger charge is -2.14. The third-order valence-corrected chi connectivity index (χ3v) is 4.67. The zero-order valence-corrected chi connectivity index (χ0v) is 17.3. The van der Waals surface area contributed by atoms with E-state index in [-0.39, 0.29) is 12.6 Å². The summed E-state index contributed by atoms with van der Waals surface area (Å²) in [4.78, 5) is 14.2. The average Bonchev–Trinajstić information content (AvgIpc) is 3.29. The van der Waals surface area contributed by atoms with Gasteiger partial charge in [0.25, 0.3) is 5.91 Å². The van der Waals surface area contributed by atoms with Gasteiger partial charge in [-0.1, -0.05) is 27.5 Å². The second-order valence-electron chi connectivity index (χ2n) is 5.95. The molecular formula is C18H19BrClN5O2. The SMILES string of the molecule is CCn1cc(CN(C)C(=O)c2ccn(COc3ccc(Br)cc3Cl)n2)cn1. The van der Waals surface area contributed by atoms with Crippen LogP contribution in [0, 0.1) is 0 Å². The van der Waals surface area contributed by atoms with Gasteiger partial charge in [0.05, 0.1) is 11.2 Å². The molecule has 27 heavy (non-hydrogen) atoms. The molecule has 0 radical (unpaired) electrons. The molecule has 9 heteroatoms. The van der Waals surface area contributed by atoms with Crippen molar-refractivity contribution >= 4 is 33.4 Å². The summed E-state index contributed by atoms with van der Waals surface area (Å²) in [5.74, 6) is 0.382.